The number of hydrogen-bond acceptors (Lipinski definition) is 0. The fraction of sp³-hybridized carbons (Fsp3) is 0.500. The van der Waals surface area contributed by atoms with Crippen molar-refractivity contribution in [2.24, 2.45) is 11.8 Å². The van der Waals surface area contributed by atoms with Gasteiger partial charge in [-0.1, -0.05) is 69.2 Å². The molecule has 1 heteroatoms. The molecule has 0 amide bonds. The van der Waals surface area contributed by atoms with Crippen molar-refractivity contribution < 1.29 is 4.39 Å². The Labute approximate surface area is 166 Å². The van der Waals surface area contributed by atoms with Gasteiger partial charge in [0.25, 0.3) is 0 Å². The molecular weight excluding hydrogens is 331 g/mol. The van der Waals surface area contributed by atoms with E-state index in [4.69, 9.17) is 0 Å². The summed E-state index contributed by atoms with van der Waals surface area (Å²) in [5.41, 5.74) is 7.85. The van der Waals surface area contributed by atoms with Gasteiger partial charge in [-0.25, -0.2) is 4.39 Å². The molecule has 0 aromatic heterocycles. The Bertz CT molecular complexity index is 656. The second-order valence-corrected chi connectivity index (χ2v) is 7.59. The normalized spacial score (nSPS) is 18.9. The second kappa shape index (κ2) is 12.5. The summed E-state index contributed by atoms with van der Waals surface area (Å²) in [4.78, 5) is 0. The van der Waals surface area contributed by atoms with Crippen LogP contribution in [0.4, 0.5) is 4.39 Å². The van der Waals surface area contributed by atoms with E-state index in [0.29, 0.717) is 18.3 Å². The summed E-state index contributed by atoms with van der Waals surface area (Å²) in [7, 11) is 0. The van der Waals surface area contributed by atoms with Crippen LogP contribution in [0.15, 0.2) is 77.4 Å². The van der Waals surface area contributed by atoms with Crippen LogP contribution in [-0.2, 0) is 0 Å². The number of rotatable bonds is 9. The van der Waals surface area contributed by atoms with Crippen molar-refractivity contribution in [3.05, 3.63) is 77.4 Å². The van der Waals surface area contributed by atoms with Crippen LogP contribution in [0.25, 0.3) is 0 Å². The summed E-state index contributed by atoms with van der Waals surface area (Å²) >= 11 is 0. The maximum absolute atomic E-state index is 13.6. The molecule has 0 nitrogen and oxygen atoms in total. The Morgan fingerprint density at radius 2 is 1.89 bits per heavy atom. The van der Waals surface area contributed by atoms with Crippen LogP contribution >= 0.6 is 0 Å². The third kappa shape index (κ3) is 7.35. The first-order chi connectivity index (χ1) is 13.0. The molecule has 0 aromatic carbocycles. The minimum absolute atomic E-state index is 0.0267. The van der Waals surface area contributed by atoms with Crippen molar-refractivity contribution in [3.63, 3.8) is 0 Å². The Balaban J connectivity index is 3.36. The van der Waals surface area contributed by atoms with Crippen molar-refractivity contribution in [3.8, 4) is 0 Å². The minimum atomic E-state index is -0.0267. The molecule has 0 spiro atoms. The van der Waals surface area contributed by atoms with E-state index in [9.17, 15) is 4.39 Å². The van der Waals surface area contributed by atoms with Gasteiger partial charge in [-0.3, -0.25) is 0 Å². The molecule has 1 saturated carbocycles. The Kier molecular flexibility index (Phi) is 10.8. The first-order valence-electron chi connectivity index (χ1n) is 10.4. The molecular formula is C26H37F. The lowest BCUT2D eigenvalue weighted by atomic mass is 9.76. The fourth-order valence-electron chi connectivity index (χ4n) is 3.90. The van der Waals surface area contributed by atoms with Gasteiger partial charge in [-0.05, 0) is 81.1 Å². The van der Waals surface area contributed by atoms with Crippen LogP contribution < -0.4 is 0 Å². The lowest BCUT2D eigenvalue weighted by molar-refractivity contribution is 0.405. The van der Waals surface area contributed by atoms with Crippen LogP contribution in [0.3, 0.4) is 0 Å². The first kappa shape index (κ1) is 23.2. The molecule has 1 unspecified atom stereocenters. The number of allylic oxidation sites excluding steroid dienone is 10. The summed E-state index contributed by atoms with van der Waals surface area (Å²) < 4.78 is 13.6. The van der Waals surface area contributed by atoms with Gasteiger partial charge < -0.3 is 0 Å². The van der Waals surface area contributed by atoms with Crippen LogP contribution in [0, 0.1) is 11.8 Å². The van der Waals surface area contributed by atoms with E-state index in [-0.39, 0.29) is 5.83 Å². The zero-order valence-electron chi connectivity index (χ0n) is 17.8. The maximum Gasteiger partial charge on any atom is 0.0957 e. The predicted molar refractivity (Wildman–Crippen MR) is 118 cm³/mol. The van der Waals surface area contributed by atoms with Gasteiger partial charge in [0.05, 0.1) is 5.83 Å². The van der Waals surface area contributed by atoms with Gasteiger partial charge in [0, 0.05) is 0 Å². The fourth-order valence-corrected chi connectivity index (χ4v) is 3.90. The van der Waals surface area contributed by atoms with E-state index < -0.39 is 0 Å². The molecule has 1 rings (SSSR count). The first-order valence-corrected chi connectivity index (χ1v) is 10.4. The highest BCUT2D eigenvalue weighted by molar-refractivity contribution is 5.55. The topological polar surface area (TPSA) is 0 Å². The van der Waals surface area contributed by atoms with Crippen molar-refractivity contribution in [1.29, 1.82) is 0 Å². The van der Waals surface area contributed by atoms with E-state index in [1.54, 1.807) is 13.0 Å². The van der Waals surface area contributed by atoms with Gasteiger partial charge >= 0.3 is 0 Å². The summed E-state index contributed by atoms with van der Waals surface area (Å²) in [6.45, 7) is 16.3. The largest absolute Gasteiger partial charge is 0.212 e. The molecule has 0 N–H and O–H groups in total. The summed E-state index contributed by atoms with van der Waals surface area (Å²) in [5, 5.41) is 0. The molecule has 0 saturated heterocycles. The third-order valence-electron chi connectivity index (χ3n) is 5.67. The predicted octanol–water partition coefficient (Wildman–Crippen LogP) is 8.57. The summed E-state index contributed by atoms with van der Waals surface area (Å²) in [6, 6.07) is 0. The van der Waals surface area contributed by atoms with Crippen molar-refractivity contribution in [2.45, 2.75) is 72.6 Å². The summed E-state index contributed by atoms with van der Waals surface area (Å²) in [6.07, 6.45) is 17.4. The average Bonchev–Trinajstić information content (AvgIpc) is 2.69. The zero-order valence-corrected chi connectivity index (χ0v) is 17.8. The minimum Gasteiger partial charge on any atom is -0.212 e. The molecule has 1 aliphatic rings. The summed E-state index contributed by atoms with van der Waals surface area (Å²) in [5.74, 6) is 0.823. The molecule has 0 heterocycles. The lowest BCUT2D eigenvalue weighted by Crippen LogP contribution is -2.14. The van der Waals surface area contributed by atoms with E-state index in [1.165, 1.54) is 48.8 Å². The van der Waals surface area contributed by atoms with Gasteiger partial charge in [0.1, 0.15) is 0 Å². The van der Waals surface area contributed by atoms with Gasteiger partial charge in [0.15, 0.2) is 0 Å². The van der Waals surface area contributed by atoms with Crippen molar-refractivity contribution in [1.82, 2.24) is 0 Å². The van der Waals surface area contributed by atoms with Crippen LogP contribution in [-0.4, -0.2) is 0 Å². The zero-order chi connectivity index (χ0) is 20.2. The molecule has 1 aliphatic carbocycles. The highest BCUT2D eigenvalue weighted by Gasteiger charge is 2.24. The van der Waals surface area contributed by atoms with E-state index in [1.807, 2.05) is 19.1 Å². The van der Waals surface area contributed by atoms with E-state index in [0.717, 1.165) is 12.0 Å². The third-order valence-corrected chi connectivity index (χ3v) is 5.67. The van der Waals surface area contributed by atoms with Crippen LogP contribution in [0.1, 0.15) is 72.6 Å². The Hall–Kier alpha value is -1.85. The molecule has 1 fully saturated rings. The smallest absolute Gasteiger partial charge is 0.0957 e. The molecule has 27 heavy (non-hydrogen) atoms. The van der Waals surface area contributed by atoms with Crippen LogP contribution in [0.5, 0.6) is 0 Å². The van der Waals surface area contributed by atoms with Crippen molar-refractivity contribution in [2.75, 3.05) is 0 Å². The quantitative estimate of drug-likeness (QED) is 0.282. The number of hydrogen-bond donors (Lipinski definition) is 0. The standard InChI is InChI=1S/C26H37F/c1-7-10-17-25(23-15-12-11-13-16-23)26(21(5)14-8-2)22(6)20(4)18-19-24(27)9-3/h8-10,14,17,20,23H,1,5,11-13,15-16,18-19H2,2-4,6H3/b14-8-,24-9+,25-17+,26-22+. The van der Waals surface area contributed by atoms with E-state index in [2.05, 4.69) is 44.9 Å². The molecule has 0 bridgehead atoms. The average molecular weight is 369 g/mol. The van der Waals surface area contributed by atoms with Crippen molar-refractivity contribution >= 4 is 0 Å². The van der Waals surface area contributed by atoms with Crippen LogP contribution in [0.2, 0.25) is 0 Å². The Morgan fingerprint density at radius 3 is 2.44 bits per heavy atom. The molecule has 0 aromatic rings. The SMILES string of the molecule is C=C=C/C=C(/C(C(=C)/C=C\C)=C(\C)C(C)CC/C(F)=C\C)C1CCCCC1. The van der Waals surface area contributed by atoms with Gasteiger partial charge in [0.2, 0.25) is 0 Å². The number of halogens is 1. The second-order valence-electron chi connectivity index (χ2n) is 7.59. The monoisotopic (exact) mass is 368 g/mol. The maximum atomic E-state index is 13.6. The highest BCUT2D eigenvalue weighted by atomic mass is 19.1. The molecule has 1 atom stereocenters. The van der Waals surface area contributed by atoms with E-state index >= 15 is 0 Å². The lowest BCUT2D eigenvalue weighted by Gasteiger charge is -2.29. The highest BCUT2D eigenvalue weighted by Crippen LogP contribution is 2.39. The van der Waals surface area contributed by atoms with Gasteiger partial charge in [-0.2, -0.15) is 0 Å². The van der Waals surface area contributed by atoms with Gasteiger partial charge in [-0.15, -0.1) is 5.73 Å². The molecule has 0 aliphatic heterocycles. The molecule has 148 valence electrons. The Morgan fingerprint density at radius 1 is 1.22 bits per heavy atom. The molecule has 0 radical (unpaired) electrons.